The minimum atomic E-state index is -4.46. The lowest BCUT2D eigenvalue weighted by Gasteiger charge is -2.27. The number of unbranched alkanes of at least 4 members (excludes halogenated alkanes) is 32. The predicted octanol–water partition coefficient (Wildman–Crippen LogP) is 21.9. The van der Waals surface area contributed by atoms with Crippen molar-refractivity contribution in [3.8, 4) is 0 Å². The number of hydrogen-bond acceptors (Lipinski definition) is 6. The summed E-state index contributed by atoms with van der Waals surface area (Å²) in [5.41, 5.74) is 0. The smallest absolute Gasteiger partial charge is 0.456 e. The molecule has 0 radical (unpaired) electrons. The number of allylic oxidation sites excluding steroid dienone is 15. The molecular formula is C73H132N2O7P+. The molecule has 83 heavy (non-hydrogen) atoms. The Morgan fingerprint density at radius 1 is 0.434 bits per heavy atom. The van der Waals surface area contributed by atoms with Gasteiger partial charge in [-0.3, -0.25) is 18.6 Å². The van der Waals surface area contributed by atoms with Crippen molar-refractivity contribution in [2.24, 2.45) is 0 Å². The van der Waals surface area contributed by atoms with Gasteiger partial charge in [0.2, 0.25) is 5.91 Å². The Bertz CT molecular complexity index is 1740. The van der Waals surface area contributed by atoms with Gasteiger partial charge in [0.25, 0.3) is 0 Å². The van der Waals surface area contributed by atoms with Crippen LogP contribution in [0.25, 0.3) is 0 Å². The first-order chi connectivity index (χ1) is 40.4. The Morgan fingerprint density at radius 2 is 0.771 bits per heavy atom. The first kappa shape index (κ1) is 79.9. The van der Waals surface area contributed by atoms with Crippen molar-refractivity contribution in [3.63, 3.8) is 0 Å². The molecule has 0 saturated carbocycles. The van der Waals surface area contributed by atoms with Gasteiger partial charge < -0.3 is 19.4 Å². The van der Waals surface area contributed by atoms with Crippen LogP contribution in [0.4, 0.5) is 0 Å². The highest BCUT2D eigenvalue weighted by Crippen LogP contribution is 2.43. The largest absolute Gasteiger partial charge is 0.472 e. The molecule has 480 valence electrons. The average molecular weight is 1180 g/mol. The minimum Gasteiger partial charge on any atom is -0.456 e. The number of carbonyl (C=O) groups is 2. The highest BCUT2D eigenvalue weighted by atomic mass is 31.2. The van der Waals surface area contributed by atoms with Crippen LogP contribution in [0.5, 0.6) is 0 Å². The van der Waals surface area contributed by atoms with E-state index in [1.807, 2.05) is 33.3 Å². The fourth-order valence-electron chi connectivity index (χ4n) is 9.70. The van der Waals surface area contributed by atoms with Gasteiger partial charge in [-0.05, 0) is 109 Å². The third kappa shape index (κ3) is 63.3. The van der Waals surface area contributed by atoms with E-state index in [0.29, 0.717) is 17.4 Å². The SMILES string of the molecule is CC/C=C\C/C=C\C/C=C\C/C=C\C/C=C\CCCCCCCCCCCC(=O)NC(COP(=O)(O)OCC[N+](C)(C)C)C(/C=C\CCCCCCCCCCCCC)OC(=O)CCCCCCCCCCC/C=C\C/C=C\CCCCC. The molecule has 0 bridgehead atoms. The Morgan fingerprint density at radius 3 is 1.18 bits per heavy atom. The normalized spacial score (nSPS) is 14.2. The molecule has 3 unspecified atom stereocenters. The number of rotatable bonds is 62. The molecule has 3 atom stereocenters. The number of hydrogen-bond donors (Lipinski definition) is 2. The Hall–Kier alpha value is -3.07. The topological polar surface area (TPSA) is 111 Å². The number of quaternary nitrogens is 1. The number of amides is 1. The number of esters is 1. The maximum Gasteiger partial charge on any atom is 0.472 e. The highest BCUT2D eigenvalue weighted by Gasteiger charge is 2.30. The number of phosphoric ester groups is 1. The van der Waals surface area contributed by atoms with Crippen molar-refractivity contribution in [1.82, 2.24) is 5.32 Å². The quantitative estimate of drug-likeness (QED) is 0.0205. The summed E-state index contributed by atoms with van der Waals surface area (Å²) in [5, 5.41) is 3.07. The lowest BCUT2D eigenvalue weighted by atomic mass is 10.0. The zero-order valence-electron chi connectivity index (χ0n) is 54.9. The number of carbonyl (C=O) groups excluding carboxylic acids is 2. The zero-order chi connectivity index (χ0) is 60.7. The van der Waals surface area contributed by atoms with Crippen LogP contribution in [0.1, 0.15) is 303 Å². The number of phosphoric acid groups is 1. The summed E-state index contributed by atoms with van der Waals surface area (Å²) in [5.74, 6) is -0.514. The molecule has 0 heterocycles. The maximum absolute atomic E-state index is 13.6. The molecule has 0 saturated heterocycles. The highest BCUT2D eigenvalue weighted by molar-refractivity contribution is 7.47. The van der Waals surface area contributed by atoms with E-state index < -0.39 is 20.0 Å². The predicted molar refractivity (Wildman–Crippen MR) is 360 cm³/mol. The van der Waals surface area contributed by atoms with E-state index in [9.17, 15) is 19.0 Å². The summed E-state index contributed by atoms with van der Waals surface area (Å²) in [6, 6.07) is -0.859. The molecule has 0 spiro atoms. The monoisotopic (exact) mass is 1180 g/mol. The second kappa shape index (κ2) is 62.0. The van der Waals surface area contributed by atoms with Crippen molar-refractivity contribution in [3.05, 3.63) is 97.2 Å². The van der Waals surface area contributed by atoms with E-state index in [0.717, 1.165) is 109 Å². The van der Waals surface area contributed by atoms with Crippen molar-refractivity contribution in [1.29, 1.82) is 0 Å². The van der Waals surface area contributed by atoms with Gasteiger partial charge in [-0.2, -0.15) is 0 Å². The van der Waals surface area contributed by atoms with Crippen LogP contribution in [-0.4, -0.2) is 74.3 Å². The van der Waals surface area contributed by atoms with Gasteiger partial charge in [-0.25, -0.2) is 4.57 Å². The van der Waals surface area contributed by atoms with E-state index in [1.165, 1.54) is 161 Å². The molecule has 10 heteroatoms. The van der Waals surface area contributed by atoms with Crippen molar-refractivity contribution < 1.29 is 37.3 Å². The molecule has 0 rings (SSSR count). The van der Waals surface area contributed by atoms with Gasteiger partial charge in [-0.15, -0.1) is 0 Å². The van der Waals surface area contributed by atoms with Gasteiger partial charge in [0.15, 0.2) is 0 Å². The summed E-state index contributed by atoms with van der Waals surface area (Å²) < 4.78 is 30.8. The van der Waals surface area contributed by atoms with Gasteiger partial charge >= 0.3 is 13.8 Å². The molecule has 0 aliphatic carbocycles. The molecule has 0 aliphatic heterocycles. The van der Waals surface area contributed by atoms with Crippen LogP contribution in [0.15, 0.2) is 97.2 Å². The standard InChI is InChI=1S/C73H131N2O7P/c1-7-10-13-16-19-22-25-28-30-32-34-35-36-37-38-39-41-42-44-47-50-53-56-59-62-65-72(76)74-70(69-81-83(78,79)80-68-67-75(4,5)6)71(64-61-58-55-52-49-46-27-24-21-18-15-12-9-3)82-73(77)66-63-60-57-54-51-48-45-43-40-33-31-29-26-23-20-17-14-11-8-2/h10,13,19-20,22-23,28-31,34-35,37-38,61,64,70-71H,7-9,11-12,14-18,21,24-27,32-33,36,39-60,62-63,65-69H2,1-6H3,(H-,74,76,78,79)/p+1/b13-10-,22-19-,23-20-,30-28-,31-29-,35-34-,38-37-,64-61-. The van der Waals surface area contributed by atoms with Gasteiger partial charge in [-0.1, -0.05) is 279 Å². The first-order valence-electron chi connectivity index (χ1n) is 34.6. The van der Waals surface area contributed by atoms with Crippen molar-refractivity contribution in [2.75, 3.05) is 40.9 Å². The van der Waals surface area contributed by atoms with E-state index in [4.69, 9.17) is 13.8 Å². The number of nitrogens with zero attached hydrogens (tertiary/aromatic N) is 1. The molecule has 9 nitrogen and oxygen atoms in total. The van der Waals surface area contributed by atoms with Crippen LogP contribution in [0.2, 0.25) is 0 Å². The minimum absolute atomic E-state index is 0.0347. The first-order valence-corrected chi connectivity index (χ1v) is 36.1. The zero-order valence-corrected chi connectivity index (χ0v) is 55.8. The van der Waals surface area contributed by atoms with Crippen LogP contribution < -0.4 is 5.32 Å². The van der Waals surface area contributed by atoms with Gasteiger partial charge in [0.05, 0.1) is 33.8 Å². The third-order valence-electron chi connectivity index (χ3n) is 15.0. The molecule has 0 aromatic carbocycles. The molecule has 0 aromatic heterocycles. The van der Waals surface area contributed by atoms with E-state index in [-0.39, 0.29) is 31.5 Å². The maximum atomic E-state index is 13.6. The molecule has 0 fully saturated rings. The second-order valence-electron chi connectivity index (χ2n) is 24.3. The summed E-state index contributed by atoms with van der Waals surface area (Å²) in [6.45, 7) is 6.89. The number of likely N-dealkylation sites (N-methyl/N-ethyl adjacent to an activating group) is 1. The van der Waals surface area contributed by atoms with Crippen molar-refractivity contribution in [2.45, 2.75) is 315 Å². The Kier molecular flexibility index (Phi) is 59.7. The molecule has 0 aromatic rings. The summed E-state index contributed by atoms with van der Waals surface area (Å²) in [4.78, 5) is 37.9. The van der Waals surface area contributed by atoms with Crippen molar-refractivity contribution >= 4 is 19.7 Å². The fourth-order valence-corrected chi connectivity index (χ4v) is 10.4. The van der Waals surface area contributed by atoms with E-state index >= 15 is 0 Å². The number of ether oxygens (including phenoxy) is 1. The lowest BCUT2D eigenvalue weighted by Crippen LogP contribution is -2.47. The Labute approximate surface area is 513 Å². The molecule has 0 aliphatic rings. The number of nitrogens with one attached hydrogen (secondary N) is 1. The Balaban J connectivity index is 5.16. The van der Waals surface area contributed by atoms with Crippen LogP contribution in [0, 0.1) is 0 Å². The third-order valence-corrected chi connectivity index (χ3v) is 16.0. The van der Waals surface area contributed by atoms with E-state index in [1.54, 1.807) is 0 Å². The van der Waals surface area contributed by atoms with Crippen LogP contribution in [-0.2, 0) is 27.9 Å². The summed E-state index contributed by atoms with van der Waals surface area (Å²) in [6.07, 6.45) is 84.0. The summed E-state index contributed by atoms with van der Waals surface area (Å²) >= 11 is 0. The van der Waals surface area contributed by atoms with Crippen LogP contribution in [0.3, 0.4) is 0 Å². The summed E-state index contributed by atoms with van der Waals surface area (Å²) in [7, 11) is 1.48. The lowest BCUT2D eigenvalue weighted by molar-refractivity contribution is -0.870. The molecule has 2 N–H and O–H groups in total. The fraction of sp³-hybridized carbons (Fsp3) is 0.753. The van der Waals surface area contributed by atoms with Gasteiger partial charge in [0, 0.05) is 12.8 Å². The second-order valence-corrected chi connectivity index (χ2v) is 25.8. The van der Waals surface area contributed by atoms with E-state index in [2.05, 4.69) is 111 Å². The molecule has 1 amide bonds. The average Bonchev–Trinajstić information content (AvgIpc) is 3.46. The molecular weight excluding hydrogens is 1050 g/mol. The van der Waals surface area contributed by atoms with Gasteiger partial charge in [0.1, 0.15) is 19.3 Å². The van der Waals surface area contributed by atoms with Crippen LogP contribution >= 0.6 is 7.82 Å².